The highest BCUT2D eigenvalue weighted by molar-refractivity contribution is 6.35. The minimum Gasteiger partial charge on any atom is -0.382 e. The predicted octanol–water partition coefficient (Wildman–Crippen LogP) is 5.25. The van der Waals surface area contributed by atoms with Gasteiger partial charge in [0.1, 0.15) is 5.56 Å². The fraction of sp³-hybridized carbons (Fsp3) is 0.269. The highest BCUT2D eigenvalue weighted by Gasteiger charge is 2.19. The summed E-state index contributed by atoms with van der Waals surface area (Å²) in [5.74, 6) is -0.186. The number of benzene rings is 2. The molecule has 0 fully saturated rings. The van der Waals surface area contributed by atoms with Crippen LogP contribution in [0.25, 0.3) is 16.5 Å². The van der Waals surface area contributed by atoms with Crippen LogP contribution < -0.4 is 16.6 Å². The van der Waals surface area contributed by atoms with Crippen LogP contribution in [0.2, 0.25) is 5.02 Å². The second-order valence-electron chi connectivity index (χ2n) is 6.97. The molecule has 0 aliphatic carbocycles. The fourth-order valence-corrected chi connectivity index (χ4v) is 3.80. The standard InChI is InChI=1S/C22H20ClN5O2.2C2H6/c1-13-18(20(24)26-27(13)2)21(29)25-12-16-11-14-7-6-10-17(23)19(14)22(30)28(16)15-8-4-3-5-9-15;2*1-2/h3-11H,12H2,1-2H3,(H2,24,26)(H,25,29);2*1-2H3. The number of aromatic nitrogens is 3. The van der Waals surface area contributed by atoms with Crippen molar-refractivity contribution in [1.82, 2.24) is 19.7 Å². The number of nitrogens with one attached hydrogen (secondary N) is 1. The number of amides is 1. The van der Waals surface area contributed by atoms with E-state index in [1.165, 1.54) is 0 Å². The van der Waals surface area contributed by atoms with Crippen molar-refractivity contribution in [1.29, 1.82) is 0 Å². The number of rotatable bonds is 4. The lowest BCUT2D eigenvalue weighted by Crippen LogP contribution is -2.29. The molecule has 0 unspecified atom stereocenters. The van der Waals surface area contributed by atoms with Gasteiger partial charge in [-0.05, 0) is 36.6 Å². The SMILES string of the molecule is CC.CC.Cc1c(C(=O)NCc2cc3cccc(Cl)c3c(=O)n2-c2ccccc2)c(N)nn1C. The molecule has 0 radical (unpaired) electrons. The molecule has 2 aromatic heterocycles. The van der Waals surface area contributed by atoms with Crippen molar-refractivity contribution in [2.75, 3.05) is 5.73 Å². The molecule has 2 heterocycles. The van der Waals surface area contributed by atoms with Crippen LogP contribution in [-0.4, -0.2) is 20.3 Å². The molecule has 180 valence electrons. The first-order valence-corrected chi connectivity index (χ1v) is 11.7. The zero-order valence-corrected chi connectivity index (χ0v) is 21.3. The van der Waals surface area contributed by atoms with E-state index in [4.69, 9.17) is 17.3 Å². The minimum atomic E-state index is -0.351. The molecule has 2 aromatic carbocycles. The first kappa shape index (κ1) is 26.7. The summed E-state index contributed by atoms with van der Waals surface area (Å²) in [6.07, 6.45) is 0. The second-order valence-corrected chi connectivity index (χ2v) is 7.37. The van der Waals surface area contributed by atoms with E-state index in [0.29, 0.717) is 38.4 Å². The van der Waals surface area contributed by atoms with Gasteiger partial charge in [-0.3, -0.25) is 18.8 Å². The zero-order valence-electron chi connectivity index (χ0n) is 20.5. The lowest BCUT2D eigenvalue weighted by Gasteiger charge is -2.16. The maximum atomic E-state index is 13.3. The number of nitrogen functional groups attached to an aromatic ring is 1. The van der Waals surface area contributed by atoms with Gasteiger partial charge in [0.25, 0.3) is 11.5 Å². The van der Waals surface area contributed by atoms with Crippen molar-refractivity contribution >= 4 is 34.1 Å². The van der Waals surface area contributed by atoms with Crippen LogP contribution in [0.15, 0.2) is 59.4 Å². The third kappa shape index (κ3) is 5.31. The second kappa shape index (κ2) is 12.0. The molecule has 0 aliphatic heterocycles. The van der Waals surface area contributed by atoms with Crippen molar-refractivity contribution in [3.8, 4) is 5.69 Å². The van der Waals surface area contributed by atoms with E-state index in [1.807, 2.05) is 70.2 Å². The predicted molar refractivity (Wildman–Crippen MR) is 141 cm³/mol. The number of pyridine rings is 1. The number of fused-ring (bicyclic) bond motifs is 1. The topological polar surface area (TPSA) is 94.9 Å². The average Bonchev–Trinajstić information content (AvgIpc) is 3.11. The van der Waals surface area contributed by atoms with Crippen LogP contribution in [0.1, 0.15) is 49.4 Å². The number of nitrogens with zero attached hydrogens (tertiary/aromatic N) is 3. The van der Waals surface area contributed by atoms with E-state index in [-0.39, 0.29) is 23.8 Å². The number of anilines is 1. The van der Waals surface area contributed by atoms with Gasteiger partial charge in [0.2, 0.25) is 0 Å². The normalized spacial score (nSPS) is 10.1. The van der Waals surface area contributed by atoms with Crippen LogP contribution in [0.5, 0.6) is 0 Å². The summed E-state index contributed by atoms with van der Waals surface area (Å²) < 4.78 is 3.12. The van der Waals surface area contributed by atoms with Crippen molar-refractivity contribution in [3.63, 3.8) is 0 Å². The number of halogens is 1. The molecule has 1 amide bonds. The van der Waals surface area contributed by atoms with Gasteiger partial charge in [0, 0.05) is 24.1 Å². The van der Waals surface area contributed by atoms with Gasteiger partial charge in [-0.25, -0.2) is 0 Å². The zero-order chi connectivity index (χ0) is 25.4. The van der Waals surface area contributed by atoms with Crippen molar-refractivity contribution in [2.45, 2.75) is 41.2 Å². The summed E-state index contributed by atoms with van der Waals surface area (Å²) in [4.78, 5) is 26.1. The maximum Gasteiger partial charge on any atom is 0.264 e. The van der Waals surface area contributed by atoms with Gasteiger partial charge in [0.05, 0.1) is 17.0 Å². The Bertz CT molecular complexity index is 1330. The van der Waals surface area contributed by atoms with Crippen LogP contribution >= 0.6 is 11.6 Å². The Kier molecular flexibility index (Phi) is 9.45. The van der Waals surface area contributed by atoms with Crippen LogP contribution in [0, 0.1) is 6.92 Å². The minimum absolute atomic E-state index is 0.124. The molecule has 0 saturated heterocycles. The molecular weight excluding hydrogens is 450 g/mol. The lowest BCUT2D eigenvalue weighted by molar-refractivity contribution is 0.0950. The summed E-state index contributed by atoms with van der Waals surface area (Å²) in [7, 11) is 1.72. The molecule has 0 saturated carbocycles. The van der Waals surface area contributed by atoms with Crippen molar-refractivity contribution in [3.05, 3.63) is 86.9 Å². The molecule has 0 aliphatic rings. The van der Waals surface area contributed by atoms with Crippen LogP contribution in [-0.2, 0) is 13.6 Å². The average molecular weight is 482 g/mol. The Labute approximate surface area is 205 Å². The molecule has 8 heteroatoms. The molecule has 0 spiro atoms. The Morgan fingerprint density at radius 2 is 1.71 bits per heavy atom. The summed E-state index contributed by atoms with van der Waals surface area (Å²) >= 11 is 6.31. The summed E-state index contributed by atoms with van der Waals surface area (Å²) in [6.45, 7) is 9.90. The number of carbonyl (C=O) groups is 1. The van der Waals surface area contributed by atoms with E-state index in [1.54, 1.807) is 35.4 Å². The number of carbonyl (C=O) groups excluding carboxylic acids is 1. The monoisotopic (exact) mass is 481 g/mol. The van der Waals surface area contributed by atoms with Gasteiger partial charge in [-0.1, -0.05) is 69.6 Å². The first-order valence-electron chi connectivity index (χ1n) is 11.3. The summed E-state index contributed by atoms with van der Waals surface area (Å²) in [5, 5.41) is 8.47. The molecule has 34 heavy (non-hydrogen) atoms. The van der Waals surface area contributed by atoms with Gasteiger partial charge in [0.15, 0.2) is 5.82 Å². The van der Waals surface area contributed by atoms with E-state index >= 15 is 0 Å². The molecule has 3 N–H and O–H groups in total. The van der Waals surface area contributed by atoms with Gasteiger partial charge in [-0.2, -0.15) is 5.10 Å². The molecular formula is C26H32ClN5O2. The molecule has 7 nitrogen and oxygen atoms in total. The molecule has 4 rings (SSSR count). The number of hydrogen-bond acceptors (Lipinski definition) is 4. The third-order valence-corrected chi connectivity index (χ3v) is 5.42. The van der Waals surface area contributed by atoms with Crippen molar-refractivity contribution in [2.24, 2.45) is 7.05 Å². The summed E-state index contributed by atoms with van der Waals surface area (Å²) in [5.41, 5.74) is 7.94. The Hall–Kier alpha value is -3.58. The highest BCUT2D eigenvalue weighted by atomic mass is 35.5. The van der Waals surface area contributed by atoms with E-state index in [0.717, 1.165) is 0 Å². The number of para-hydroxylation sites is 1. The number of hydrogen-bond donors (Lipinski definition) is 2. The van der Waals surface area contributed by atoms with E-state index in [9.17, 15) is 9.59 Å². The van der Waals surface area contributed by atoms with Gasteiger partial charge in [-0.15, -0.1) is 0 Å². The fourth-order valence-electron chi connectivity index (χ4n) is 3.54. The first-order chi connectivity index (χ1) is 16.4. The van der Waals surface area contributed by atoms with Crippen molar-refractivity contribution < 1.29 is 4.79 Å². The third-order valence-electron chi connectivity index (χ3n) is 5.10. The molecule has 0 atom stereocenters. The summed E-state index contributed by atoms with van der Waals surface area (Å²) in [6, 6.07) is 16.4. The number of aryl methyl sites for hydroxylation is 1. The molecule has 0 bridgehead atoms. The van der Waals surface area contributed by atoms with E-state index < -0.39 is 0 Å². The van der Waals surface area contributed by atoms with Crippen LogP contribution in [0.4, 0.5) is 5.82 Å². The highest BCUT2D eigenvalue weighted by Crippen LogP contribution is 2.23. The lowest BCUT2D eigenvalue weighted by atomic mass is 10.1. The quantitative estimate of drug-likeness (QED) is 0.416. The van der Waals surface area contributed by atoms with Gasteiger partial charge < -0.3 is 11.1 Å². The Morgan fingerprint density at radius 3 is 2.29 bits per heavy atom. The van der Waals surface area contributed by atoms with Gasteiger partial charge >= 0.3 is 0 Å². The maximum absolute atomic E-state index is 13.3. The largest absolute Gasteiger partial charge is 0.382 e. The smallest absolute Gasteiger partial charge is 0.264 e. The Morgan fingerprint density at radius 1 is 1.06 bits per heavy atom. The van der Waals surface area contributed by atoms with Crippen LogP contribution in [0.3, 0.4) is 0 Å². The molecule has 4 aromatic rings. The number of nitrogens with two attached hydrogens (primary N) is 1. The van der Waals surface area contributed by atoms with E-state index in [2.05, 4.69) is 10.4 Å². The Balaban J connectivity index is 0.000000970.